The van der Waals surface area contributed by atoms with Crippen LogP contribution in [-0.4, -0.2) is 7.37 Å². The molecule has 0 aromatic heterocycles. The molecule has 0 fully saturated rings. The van der Waals surface area contributed by atoms with Crippen LogP contribution < -0.4 is 24.8 Å². The van der Waals surface area contributed by atoms with Crippen molar-refractivity contribution in [1.82, 2.24) is 0 Å². The van der Waals surface area contributed by atoms with Gasteiger partial charge in [0.15, 0.2) is 0 Å². The van der Waals surface area contributed by atoms with Crippen molar-refractivity contribution in [2.24, 2.45) is 0 Å². The molecular weight excluding hydrogens is 274 g/mol. The summed E-state index contributed by atoms with van der Waals surface area (Å²) in [5.41, 5.74) is 3.18. The van der Waals surface area contributed by atoms with E-state index in [2.05, 4.69) is 19.9 Å². The van der Waals surface area contributed by atoms with Crippen LogP contribution in [0.1, 0.15) is 20.3 Å². The Labute approximate surface area is 94.7 Å². The predicted octanol–water partition coefficient (Wildman–Crippen LogP) is -5.02. The summed E-state index contributed by atoms with van der Waals surface area (Å²) in [7, 11) is 1.49. The first-order valence-corrected chi connectivity index (χ1v) is 12.9. The van der Waals surface area contributed by atoms with Gasteiger partial charge < -0.3 is 24.8 Å². The van der Waals surface area contributed by atoms with Crippen molar-refractivity contribution < 1.29 is 47.2 Å². The fourth-order valence-corrected chi connectivity index (χ4v) is 6.67. The van der Waals surface area contributed by atoms with Gasteiger partial charge in [0.05, 0.1) is 0 Å². The van der Waals surface area contributed by atoms with Crippen LogP contribution in [0.5, 0.6) is 0 Å². The average molecular weight is 286 g/mol. The van der Waals surface area contributed by atoms with Gasteiger partial charge in [-0.2, -0.15) is 0 Å². The molecule has 0 N–H and O–H groups in total. The maximum Gasteiger partial charge on any atom is -1.00 e. The minimum Gasteiger partial charge on any atom is -1.00 e. The number of rotatable bonds is 1. The van der Waals surface area contributed by atoms with Gasteiger partial charge in [-0.15, -0.1) is 0 Å². The zero-order valence-electron chi connectivity index (χ0n) is 7.04. The average Bonchev–Trinajstić information content (AvgIpc) is 2.15. The van der Waals surface area contributed by atoms with Gasteiger partial charge >= 0.3 is 70.5 Å². The number of halogens is 2. The summed E-state index contributed by atoms with van der Waals surface area (Å²) < 4.78 is 1.85. The predicted molar refractivity (Wildman–Crippen MR) is 41.0 cm³/mol. The van der Waals surface area contributed by atoms with Gasteiger partial charge in [-0.3, -0.25) is 0 Å². The fourth-order valence-electron chi connectivity index (χ4n) is 1.09. The second kappa shape index (κ2) is 6.65. The Morgan fingerprint density at radius 3 is 2.09 bits per heavy atom. The molecule has 0 bridgehead atoms. The smallest absolute Gasteiger partial charge is 1.00 e. The summed E-state index contributed by atoms with van der Waals surface area (Å²) in [5, 5.41) is 0. The summed E-state index contributed by atoms with van der Waals surface area (Å²) >= 11 is 0.0350. The zero-order valence-corrected chi connectivity index (χ0v) is 13.0. The Kier molecular flexibility index (Phi) is 8.87. The van der Waals surface area contributed by atoms with Crippen molar-refractivity contribution in [2.75, 3.05) is 0 Å². The Bertz CT molecular complexity index is 187. The molecule has 62 valence electrons. The molecule has 0 saturated heterocycles. The van der Waals surface area contributed by atoms with Crippen molar-refractivity contribution in [3.05, 3.63) is 20.5 Å². The molecule has 0 saturated carbocycles. The Balaban J connectivity index is 0. The van der Waals surface area contributed by atoms with E-state index < -0.39 is 0 Å². The van der Waals surface area contributed by atoms with E-state index in [1.807, 2.05) is 3.28 Å². The number of allylic oxidation sites excluding steroid dienone is 4. The third-order valence-corrected chi connectivity index (χ3v) is 8.44. The van der Waals surface area contributed by atoms with Gasteiger partial charge in [-0.25, -0.2) is 0 Å². The normalized spacial score (nSPS) is 14.9. The first-order chi connectivity index (χ1) is 4.25. The maximum atomic E-state index is 2.38. The number of hydrogen-bond acceptors (Lipinski definition) is 0. The molecule has 0 unspecified atom stereocenters. The van der Waals surface area contributed by atoms with Crippen LogP contribution in [-0.2, 0) is 22.4 Å². The third kappa shape index (κ3) is 3.59. The molecule has 1 aliphatic rings. The summed E-state index contributed by atoms with van der Waals surface area (Å²) in [6.45, 7) is 4.52. The van der Waals surface area contributed by atoms with E-state index >= 15 is 0 Å². The third-order valence-electron chi connectivity index (χ3n) is 1.96. The fraction of sp³-hybridized carbons (Fsp3) is 0.429. The van der Waals surface area contributed by atoms with Crippen molar-refractivity contribution in [3.8, 4) is 0 Å². The minimum atomic E-state index is 0. The van der Waals surface area contributed by atoms with Crippen molar-refractivity contribution >= 4 is 7.37 Å². The topological polar surface area (TPSA) is 0 Å². The molecule has 0 heterocycles. The van der Waals surface area contributed by atoms with Gasteiger partial charge in [0.2, 0.25) is 0 Å². The zero-order chi connectivity index (χ0) is 6.85. The van der Waals surface area contributed by atoms with E-state index in [9.17, 15) is 0 Å². The second-order valence-corrected chi connectivity index (χ2v) is 8.12. The second-order valence-electron chi connectivity index (χ2n) is 2.44. The summed E-state index contributed by atoms with van der Waals surface area (Å²) in [6, 6.07) is 0. The van der Waals surface area contributed by atoms with Gasteiger partial charge in [0, 0.05) is 0 Å². The van der Waals surface area contributed by atoms with Crippen LogP contribution in [0, 0.1) is 0 Å². The summed E-state index contributed by atoms with van der Waals surface area (Å²) in [5.74, 6) is 0. The van der Waals surface area contributed by atoms with Crippen LogP contribution >= 0.6 is 0 Å². The van der Waals surface area contributed by atoms with Crippen LogP contribution in [0.25, 0.3) is 0 Å². The molecule has 0 atom stereocenters. The number of hydrogen-bond donors (Lipinski definition) is 0. The largest absolute Gasteiger partial charge is 1.00 e. The van der Waals surface area contributed by atoms with E-state index in [1.165, 1.54) is 13.8 Å². The van der Waals surface area contributed by atoms with Crippen molar-refractivity contribution in [2.45, 2.75) is 20.3 Å². The molecule has 0 aliphatic heterocycles. The molecule has 1 rings (SSSR count). The van der Waals surface area contributed by atoms with Crippen LogP contribution in [0.15, 0.2) is 20.5 Å². The van der Waals surface area contributed by atoms with Crippen LogP contribution in [0.3, 0.4) is 0 Å². The van der Waals surface area contributed by atoms with E-state index in [-0.39, 0.29) is 47.2 Å². The molecule has 0 spiro atoms. The van der Waals surface area contributed by atoms with Crippen molar-refractivity contribution in [3.63, 3.8) is 0 Å². The molecule has 0 aromatic carbocycles. The Hall–Kier alpha value is 1.16. The molecular formula is C7H12Cl2SiZr. The molecule has 4 heteroatoms. The van der Waals surface area contributed by atoms with E-state index in [1.54, 1.807) is 11.1 Å². The molecule has 0 nitrogen and oxygen atoms in total. The first-order valence-electron chi connectivity index (χ1n) is 3.30. The van der Waals surface area contributed by atoms with Gasteiger partial charge in [0.1, 0.15) is 0 Å². The minimum absolute atomic E-state index is 0. The van der Waals surface area contributed by atoms with Crippen LogP contribution in [0.4, 0.5) is 0 Å². The maximum absolute atomic E-state index is 2.38. The van der Waals surface area contributed by atoms with Gasteiger partial charge in [0.25, 0.3) is 0 Å². The molecule has 0 radical (unpaired) electrons. The molecule has 0 amide bonds. The molecule has 0 aromatic rings. The molecule has 1 aliphatic carbocycles. The van der Waals surface area contributed by atoms with Gasteiger partial charge in [-0.1, -0.05) is 0 Å². The standard InChI is InChI=1S/C7H9.2ClH.H3Si.Zr/c1-6-4-3-5-7(6)2;;;;/h4H,3H2,1-2H3;2*1H;1H3;/q;;;;+2/p-2. The summed E-state index contributed by atoms with van der Waals surface area (Å²) in [6.07, 6.45) is 3.69. The van der Waals surface area contributed by atoms with Crippen LogP contribution in [0.2, 0.25) is 0 Å². The SMILES string of the molecule is CC1=CC[C]([Zr+2][SiH3])=C1C.[Cl-].[Cl-]. The Morgan fingerprint density at radius 1 is 1.36 bits per heavy atom. The van der Waals surface area contributed by atoms with E-state index in [0.29, 0.717) is 0 Å². The van der Waals surface area contributed by atoms with E-state index in [0.717, 1.165) is 0 Å². The monoisotopic (exact) mass is 284 g/mol. The first kappa shape index (κ1) is 14.7. The van der Waals surface area contributed by atoms with Gasteiger partial charge in [-0.05, 0) is 0 Å². The van der Waals surface area contributed by atoms with Crippen molar-refractivity contribution in [1.29, 1.82) is 0 Å². The quantitative estimate of drug-likeness (QED) is 0.424. The van der Waals surface area contributed by atoms with E-state index in [4.69, 9.17) is 0 Å². The Morgan fingerprint density at radius 2 is 1.91 bits per heavy atom. The molecule has 11 heavy (non-hydrogen) atoms. The summed E-state index contributed by atoms with van der Waals surface area (Å²) in [4.78, 5) is 0.